The molecule has 0 spiro atoms. The number of anilines is 2. The average Bonchev–Trinajstić information content (AvgIpc) is 2.84. The highest BCUT2D eigenvalue weighted by atomic mass is 16.4. The fraction of sp³-hybridized carbons (Fsp3) is 0.286. The van der Waals surface area contributed by atoms with Crippen LogP contribution in [0.4, 0.5) is 16.2 Å². The van der Waals surface area contributed by atoms with E-state index in [0.717, 1.165) is 33.6 Å². The van der Waals surface area contributed by atoms with Crippen molar-refractivity contribution in [2.45, 2.75) is 26.7 Å². The van der Waals surface area contributed by atoms with Gasteiger partial charge in [0.15, 0.2) is 0 Å². The maximum absolute atomic E-state index is 13.5. The zero-order chi connectivity index (χ0) is 24.2. The quantitative estimate of drug-likeness (QED) is 0.505. The summed E-state index contributed by atoms with van der Waals surface area (Å²) in [4.78, 5) is 28.3. The van der Waals surface area contributed by atoms with Crippen LogP contribution >= 0.6 is 0 Å². The monoisotopic (exact) mass is 457 g/mol. The van der Waals surface area contributed by atoms with Crippen LogP contribution in [0.25, 0.3) is 11.1 Å². The van der Waals surface area contributed by atoms with Crippen LogP contribution in [0, 0.1) is 6.92 Å². The van der Waals surface area contributed by atoms with Crippen molar-refractivity contribution in [2.75, 3.05) is 36.4 Å². The summed E-state index contributed by atoms with van der Waals surface area (Å²) < 4.78 is 0. The molecule has 2 amide bonds. The second-order valence-electron chi connectivity index (χ2n) is 9.06. The number of hydrogen-bond donors (Lipinski definition) is 2. The molecule has 1 fully saturated rings. The van der Waals surface area contributed by atoms with Gasteiger partial charge in [-0.05, 0) is 53.8 Å². The molecule has 0 aromatic heterocycles. The van der Waals surface area contributed by atoms with Crippen molar-refractivity contribution in [2.24, 2.45) is 0 Å². The number of carboxylic acid groups (broad SMARTS) is 1. The number of piperazine rings is 1. The van der Waals surface area contributed by atoms with Gasteiger partial charge in [-0.3, -0.25) is 4.79 Å². The fourth-order valence-electron chi connectivity index (χ4n) is 4.47. The molecule has 4 rings (SSSR count). The number of nitrogens with one attached hydrogen (secondary N) is 1. The van der Waals surface area contributed by atoms with Gasteiger partial charge in [-0.15, -0.1) is 0 Å². The summed E-state index contributed by atoms with van der Waals surface area (Å²) in [6, 6.07) is 22.0. The molecule has 0 saturated carbocycles. The molecule has 6 nitrogen and oxygen atoms in total. The van der Waals surface area contributed by atoms with E-state index >= 15 is 0 Å². The lowest BCUT2D eigenvalue weighted by molar-refractivity contribution is 0.102. The van der Waals surface area contributed by atoms with Crippen molar-refractivity contribution in [3.05, 3.63) is 83.4 Å². The van der Waals surface area contributed by atoms with Crippen LogP contribution in [0.3, 0.4) is 0 Å². The second-order valence-corrected chi connectivity index (χ2v) is 9.06. The normalized spacial score (nSPS) is 13.8. The van der Waals surface area contributed by atoms with Crippen LogP contribution in [0.1, 0.15) is 41.3 Å². The summed E-state index contributed by atoms with van der Waals surface area (Å²) in [6.45, 7) is 8.57. The average molecular weight is 458 g/mol. The Morgan fingerprint density at radius 3 is 2.15 bits per heavy atom. The van der Waals surface area contributed by atoms with Crippen LogP contribution in [-0.2, 0) is 0 Å². The zero-order valence-corrected chi connectivity index (χ0v) is 19.9. The summed E-state index contributed by atoms with van der Waals surface area (Å²) >= 11 is 0. The third-order valence-corrected chi connectivity index (χ3v) is 6.29. The van der Waals surface area contributed by atoms with Gasteiger partial charge in [0.2, 0.25) is 0 Å². The van der Waals surface area contributed by atoms with Gasteiger partial charge in [0, 0.05) is 37.6 Å². The Labute approximate surface area is 200 Å². The van der Waals surface area contributed by atoms with Gasteiger partial charge in [-0.1, -0.05) is 61.9 Å². The molecular formula is C28H31N3O3. The number of amides is 2. The maximum Gasteiger partial charge on any atom is 0.407 e. The highest BCUT2D eigenvalue weighted by Gasteiger charge is 2.22. The van der Waals surface area contributed by atoms with E-state index in [1.165, 1.54) is 4.90 Å². The number of benzene rings is 3. The number of carbonyl (C=O) groups excluding carboxylic acids is 1. The lowest BCUT2D eigenvalue weighted by atomic mass is 9.88. The van der Waals surface area contributed by atoms with E-state index in [4.69, 9.17) is 5.11 Å². The standard InChI is InChI=1S/C28H31N3O3/c1-19(2)24-17-20(3)18-25(21-7-5-4-6-8-21)26(24)27(32)29-22-9-11-23(12-10-22)30-13-15-31(16-14-30)28(33)34/h4-12,17-19H,13-16H2,1-3H3,(H,29,32)(H,33,34). The number of carbonyl (C=O) groups is 2. The van der Waals surface area contributed by atoms with Gasteiger partial charge in [0.25, 0.3) is 5.91 Å². The van der Waals surface area contributed by atoms with Crippen LogP contribution in [0.5, 0.6) is 0 Å². The van der Waals surface area contributed by atoms with Crippen molar-refractivity contribution in [3.63, 3.8) is 0 Å². The Balaban J connectivity index is 1.57. The largest absolute Gasteiger partial charge is 0.465 e. The molecule has 6 heteroatoms. The SMILES string of the molecule is Cc1cc(-c2ccccc2)c(C(=O)Nc2ccc(N3CCN(C(=O)O)CC3)cc2)c(C(C)C)c1. The predicted molar refractivity (Wildman–Crippen MR) is 137 cm³/mol. The first-order chi connectivity index (χ1) is 16.3. The second kappa shape index (κ2) is 10.00. The molecule has 34 heavy (non-hydrogen) atoms. The number of aryl methyl sites for hydroxylation is 1. The van der Waals surface area contributed by atoms with E-state index in [1.54, 1.807) is 0 Å². The summed E-state index contributed by atoms with van der Waals surface area (Å²) in [5.41, 5.74) is 6.58. The first-order valence-corrected chi connectivity index (χ1v) is 11.7. The lowest BCUT2D eigenvalue weighted by Gasteiger charge is -2.34. The fourth-order valence-corrected chi connectivity index (χ4v) is 4.47. The molecule has 3 aromatic carbocycles. The molecule has 0 radical (unpaired) electrons. The first kappa shape index (κ1) is 23.4. The van der Waals surface area contributed by atoms with Crippen molar-refractivity contribution in [1.29, 1.82) is 0 Å². The highest BCUT2D eigenvalue weighted by molar-refractivity contribution is 6.10. The van der Waals surface area contributed by atoms with Gasteiger partial charge < -0.3 is 20.2 Å². The Kier molecular flexibility index (Phi) is 6.87. The Morgan fingerprint density at radius 1 is 0.912 bits per heavy atom. The summed E-state index contributed by atoms with van der Waals surface area (Å²) in [6.07, 6.45) is -0.871. The summed E-state index contributed by atoms with van der Waals surface area (Å²) in [5, 5.41) is 12.2. The molecule has 1 saturated heterocycles. The third kappa shape index (κ3) is 5.06. The van der Waals surface area contributed by atoms with Crippen molar-refractivity contribution >= 4 is 23.4 Å². The molecule has 2 N–H and O–H groups in total. The molecule has 0 unspecified atom stereocenters. The molecule has 176 valence electrons. The van der Waals surface area contributed by atoms with Gasteiger partial charge in [-0.25, -0.2) is 4.79 Å². The molecule has 0 atom stereocenters. The van der Waals surface area contributed by atoms with Crippen LogP contribution in [0.15, 0.2) is 66.7 Å². The van der Waals surface area contributed by atoms with Crippen molar-refractivity contribution < 1.29 is 14.7 Å². The molecule has 0 bridgehead atoms. The summed E-state index contributed by atoms with van der Waals surface area (Å²) in [7, 11) is 0. The molecule has 1 aliphatic heterocycles. The van der Waals surface area contributed by atoms with Crippen molar-refractivity contribution in [1.82, 2.24) is 4.90 Å². The number of rotatable bonds is 5. The zero-order valence-electron chi connectivity index (χ0n) is 19.9. The van der Waals surface area contributed by atoms with Crippen molar-refractivity contribution in [3.8, 4) is 11.1 Å². The Bertz CT molecular complexity index is 1170. The lowest BCUT2D eigenvalue weighted by Crippen LogP contribution is -2.48. The predicted octanol–water partition coefficient (Wildman–Crippen LogP) is 5.84. The van der Waals surface area contributed by atoms with E-state index in [9.17, 15) is 9.59 Å². The molecular weight excluding hydrogens is 426 g/mol. The van der Waals surface area contributed by atoms with E-state index in [-0.39, 0.29) is 11.8 Å². The van der Waals surface area contributed by atoms with E-state index in [2.05, 4.69) is 43.1 Å². The molecule has 1 aliphatic rings. The number of hydrogen-bond acceptors (Lipinski definition) is 3. The minimum atomic E-state index is -0.871. The van der Waals surface area contributed by atoms with E-state index < -0.39 is 6.09 Å². The molecule has 3 aromatic rings. The smallest absolute Gasteiger partial charge is 0.407 e. The Hall–Kier alpha value is -3.80. The van der Waals surface area contributed by atoms with Gasteiger partial charge >= 0.3 is 6.09 Å². The summed E-state index contributed by atoms with van der Waals surface area (Å²) in [5.74, 6) is 0.0836. The molecule has 0 aliphatic carbocycles. The van der Waals surface area contributed by atoms with Gasteiger partial charge in [0.05, 0.1) is 5.56 Å². The highest BCUT2D eigenvalue weighted by Crippen LogP contribution is 2.32. The Morgan fingerprint density at radius 2 is 1.56 bits per heavy atom. The first-order valence-electron chi connectivity index (χ1n) is 11.7. The van der Waals surface area contributed by atoms with E-state index in [0.29, 0.717) is 31.7 Å². The van der Waals surface area contributed by atoms with Gasteiger partial charge in [0.1, 0.15) is 0 Å². The minimum absolute atomic E-state index is 0.120. The van der Waals surface area contributed by atoms with Crippen LogP contribution in [0.2, 0.25) is 0 Å². The minimum Gasteiger partial charge on any atom is -0.465 e. The maximum atomic E-state index is 13.5. The van der Waals surface area contributed by atoms with Crippen LogP contribution in [-0.4, -0.2) is 48.2 Å². The molecule has 1 heterocycles. The van der Waals surface area contributed by atoms with Gasteiger partial charge in [-0.2, -0.15) is 0 Å². The topological polar surface area (TPSA) is 72.9 Å². The van der Waals surface area contributed by atoms with E-state index in [1.807, 2.05) is 54.6 Å². The van der Waals surface area contributed by atoms with Crippen LogP contribution < -0.4 is 10.2 Å². The number of nitrogens with zero attached hydrogens (tertiary/aromatic N) is 2. The third-order valence-electron chi connectivity index (χ3n) is 6.29.